The zero-order valence-electron chi connectivity index (χ0n) is 13.0. The number of anilines is 1. The van der Waals surface area contributed by atoms with E-state index in [0.717, 1.165) is 32.3 Å². The molecule has 0 unspecified atom stereocenters. The van der Waals surface area contributed by atoms with Gasteiger partial charge in [-0.25, -0.2) is 9.67 Å². The molecule has 3 rings (SSSR count). The average Bonchev–Trinajstić information content (AvgIpc) is 2.85. The van der Waals surface area contributed by atoms with Crippen molar-refractivity contribution in [1.82, 2.24) is 9.78 Å². The summed E-state index contributed by atoms with van der Waals surface area (Å²) in [5.74, 6) is 1.67. The van der Waals surface area contributed by atoms with Crippen LogP contribution in [0.4, 0.5) is 11.5 Å². The first-order valence-corrected chi connectivity index (χ1v) is 8.41. The molecule has 0 radical (unpaired) electrons. The van der Waals surface area contributed by atoms with Gasteiger partial charge in [-0.15, -0.1) is 0 Å². The zero-order chi connectivity index (χ0) is 16.2. The number of aliphatic imine (C=N–C) groups is 1. The Bertz CT molecular complexity index is 823. The largest absolute Gasteiger partial charge is 0.344 e. The quantitative estimate of drug-likeness (QED) is 0.373. The summed E-state index contributed by atoms with van der Waals surface area (Å²) in [6.07, 6.45) is 0. The SMILES string of the molecule is C/C(=N/c1c(I)c(C)nn1-c1ccccc1)Nc1ccccc1. The second-order valence-electron chi connectivity index (χ2n) is 5.16. The number of hydrogen-bond acceptors (Lipinski definition) is 2. The fraction of sp³-hybridized carbons (Fsp3) is 0.111. The van der Waals surface area contributed by atoms with E-state index >= 15 is 0 Å². The smallest absolute Gasteiger partial charge is 0.171 e. The van der Waals surface area contributed by atoms with E-state index in [9.17, 15) is 0 Å². The Balaban J connectivity index is 1.98. The minimum atomic E-state index is 0.825. The topological polar surface area (TPSA) is 42.2 Å². The molecular weight excluding hydrogens is 399 g/mol. The van der Waals surface area contributed by atoms with E-state index in [0.29, 0.717) is 0 Å². The predicted octanol–water partition coefficient (Wildman–Crippen LogP) is 4.95. The highest BCUT2D eigenvalue weighted by Gasteiger charge is 2.14. The van der Waals surface area contributed by atoms with Crippen LogP contribution in [0, 0.1) is 10.5 Å². The Morgan fingerprint density at radius 3 is 2.30 bits per heavy atom. The number of halogens is 1. The summed E-state index contributed by atoms with van der Waals surface area (Å²) < 4.78 is 2.94. The molecular formula is C18H17IN4. The Morgan fingerprint density at radius 1 is 1.04 bits per heavy atom. The van der Waals surface area contributed by atoms with Crippen LogP contribution in [0.15, 0.2) is 65.7 Å². The lowest BCUT2D eigenvalue weighted by molar-refractivity contribution is 0.863. The van der Waals surface area contributed by atoms with Crippen LogP contribution in [-0.2, 0) is 0 Å². The van der Waals surface area contributed by atoms with Gasteiger partial charge in [0.2, 0.25) is 0 Å². The molecule has 3 aromatic rings. The van der Waals surface area contributed by atoms with Gasteiger partial charge in [-0.3, -0.25) is 0 Å². The number of hydrogen-bond donors (Lipinski definition) is 1. The molecule has 0 bridgehead atoms. The first-order valence-electron chi connectivity index (χ1n) is 7.33. The number of benzene rings is 2. The standard InChI is InChI=1S/C18H17IN4/c1-13-17(19)18(23(22-13)16-11-7-4-8-12-16)21-14(2)20-15-9-5-3-6-10-15/h3-12H,1-2H3,(H,20,21). The van der Waals surface area contributed by atoms with Gasteiger partial charge in [0.15, 0.2) is 5.82 Å². The van der Waals surface area contributed by atoms with Crippen LogP contribution >= 0.6 is 22.6 Å². The molecule has 0 fully saturated rings. The Labute approximate surface area is 149 Å². The first-order chi connectivity index (χ1) is 11.1. The third-order valence-electron chi connectivity index (χ3n) is 3.34. The molecule has 1 aromatic heterocycles. The fourth-order valence-corrected chi connectivity index (χ4v) is 2.72. The summed E-state index contributed by atoms with van der Waals surface area (Å²) in [6, 6.07) is 20.1. The number of aryl methyl sites for hydroxylation is 1. The maximum atomic E-state index is 4.75. The van der Waals surface area contributed by atoms with E-state index in [4.69, 9.17) is 4.99 Å². The predicted molar refractivity (Wildman–Crippen MR) is 104 cm³/mol. The number of nitrogens with zero attached hydrogens (tertiary/aromatic N) is 3. The maximum absolute atomic E-state index is 4.75. The molecule has 0 saturated heterocycles. The van der Waals surface area contributed by atoms with Gasteiger partial charge in [-0.05, 0) is 60.7 Å². The summed E-state index contributed by atoms with van der Waals surface area (Å²) >= 11 is 2.30. The molecule has 4 nitrogen and oxygen atoms in total. The average molecular weight is 416 g/mol. The molecule has 0 saturated carbocycles. The van der Waals surface area contributed by atoms with E-state index in [1.807, 2.05) is 79.2 Å². The van der Waals surface area contributed by atoms with Gasteiger partial charge in [-0.2, -0.15) is 5.10 Å². The minimum Gasteiger partial charge on any atom is -0.344 e. The fourth-order valence-electron chi connectivity index (χ4n) is 2.26. The van der Waals surface area contributed by atoms with Crippen LogP contribution in [0.5, 0.6) is 0 Å². The number of nitrogens with one attached hydrogen (secondary N) is 1. The second-order valence-corrected chi connectivity index (χ2v) is 6.24. The molecule has 0 aliphatic carbocycles. The van der Waals surface area contributed by atoms with Gasteiger partial charge >= 0.3 is 0 Å². The van der Waals surface area contributed by atoms with Crippen LogP contribution in [-0.4, -0.2) is 15.6 Å². The van der Waals surface area contributed by atoms with E-state index in [-0.39, 0.29) is 0 Å². The lowest BCUT2D eigenvalue weighted by Gasteiger charge is -2.08. The first kappa shape index (κ1) is 15.7. The van der Waals surface area contributed by atoms with Crippen LogP contribution in [0.3, 0.4) is 0 Å². The lowest BCUT2D eigenvalue weighted by Crippen LogP contribution is -2.07. The van der Waals surface area contributed by atoms with Crippen molar-refractivity contribution < 1.29 is 0 Å². The van der Waals surface area contributed by atoms with Gasteiger partial charge in [0.05, 0.1) is 15.0 Å². The zero-order valence-corrected chi connectivity index (χ0v) is 15.2. The number of para-hydroxylation sites is 2. The minimum absolute atomic E-state index is 0.825. The van der Waals surface area contributed by atoms with E-state index in [1.54, 1.807) is 0 Å². The molecule has 0 aliphatic rings. The van der Waals surface area contributed by atoms with Crippen molar-refractivity contribution in [3.8, 4) is 5.69 Å². The van der Waals surface area contributed by atoms with E-state index in [1.165, 1.54) is 0 Å². The van der Waals surface area contributed by atoms with E-state index in [2.05, 4.69) is 33.0 Å². The molecule has 2 aromatic carbocycles. The molecule has 1 N–H and O–H groups in total. The highest BCUT2D eigenvalue weighted by molar-refractivity contribution is 14.1. The molecule has 0 aliphatic heterocycles. The van der Waals surface area contributed by atoms with Crippen molar-refractivity contribution in [3.63, 3.8) is 0 Å². The molecule has 0 atom stereocenters. The van der Waals surface area contributed by atoms with Crippen molar-refractivity contribution in [2.24, 2.45) is 4.99 Å². The molecule has 0 amide bonds. The van der Waals surface area contributed by atoms with Crippen LogP contribution in [0.1, 0.15) is 12.6 Å². The summed E-state index contributed by atoms with van der Waals surface area (Å²) in [5.41, 5.74) is 3.00. The Kier molecular flexibility index (Phi) is 4.76. The Hall–Kier alpha value is -2.15. The van der Waals surface area contributed by atoms with Crippen molar-refractivity contribution in [1.29, 1.82) is 0 Å². The van der Waals surface area contributed by atoms with Gasteiger partial charge < -0.3 is 5.32 Å². The third kappa shape index (κ3) is 3.61. The van der Waals surface area contributed by atoms with Gasteiger partial charge in [0.25, 0.3) is 0 Å². The molecule has 5 heteroatoms. The van der Waals surface area contributed by atoms with E-state index < -0.39 is 0 Å². The van der Waals surface area contributed by atoms with Crippen molar-refractivity contribution in [2.45, 2.75) is 13.8 Å². The number of amidine groups is 1. The van der Waals surface area contributed by atoms with Crippen molar-refractivity contribution >= 4 is 39.9 Å². The number of aromatic nitrogens is 2. The summed E-state index contributed by atoms with van der Waals surface area (Å²) in [7, 11) is 0. The summed E-state index contributed by atoms with van der Waals surface area (Å²) in [6.45, 7) is 3.96. The highest BCUT2D eigenvalue weighted by Crippen LogP contribution is 2.28. The monoisotopic (exact) mass is 416 g/mol. The van der Waals surface area contributed by atoms with Gasteiger partial charge in [-0.1, -0.05) is 36.4 Å². The molecule has 1 heterocycles. The second kappa shape index (κ2) is 6.95. The lowest BCUT2D eigenvalue weighted by atomic mass is 10.3. The van der Waals surface area contributed by atoms with Crippen LogP contribution in [0.25, 0.3) is 5.69 Å². The summed E-state index contributed by atoms with van der Waals surface area (Å²) in [5, 5.41) is 7.93. The molecule has 116 valence electrons. The van der Waals surface area contributed by atoms with Crippen LogP contribution < -0.4 is 5.32 Å². The highest BCUT2D eigenvalue weighted by atomic mass is 127. The van der Waals surface area contributed by atoms with Crippen molar-refractivity contribution in [2.75, 3.05) is 5.32 Å². The summed E-state index contributed by atoms with van der Waals surface area (Å²) in [4.78, 5) is 4.75. The number of rotatable bonds is 3. The van der Waals surface area contributed by atoms with Gasteiger partial charge in [0, 0.05) is 5.69 Å². The maximum Gasteiger partial charge on any atom is 0.171 e. The molecule has 23 heavy (non-hydrogen) atoms. The van der Waals surface area contributed by atoms with Gasteiger partial charge in [0.1, 0.15) is 5.84 Å². The molecule has 0 spiro atoms. The third-order valence-corrected chi connectivity index (χ3v) is 4.60. The van der Waals surface area contributed by atoms with Crippen LogP contribution in [0.2, 0.25) is 0 Å². The Morgan fingerprint density at radius 2 is 1.65 bits per heavy atom. The normalized spacial score (nSPS) is 11.5. The van der Waals surface area contributed by atoms with Crippen molar-refractivity contribution in [3.05, 3.63) is 69.9 Å².